The van der Waals surface area contributed by atoms with Gasteiger partial charge in [-0.25, -0.2) is 0 Å². The Morgan fingerprint density at radius 1 is 1.38 bits per heavy atom. The van der Waals surface area contributed by atoms with Crippen LogP contribution in [0.1, 0.15) is 16.7 Å². The number of hydrogen-bond donors (Lipinski definition) is 0. The number of hydrogen-bond acceptors (Lipinski definition) is 2. The van der Waals surface area contributed by atoms with Gasteiger partial charge in [-0.3, -0.25) is 0 Å². The summed E-state index contributed by atoms with van der Waals surface area (Å²) in [6.45, 7) is 3.98. The Labute approximate surface area is 78.8 Å². The van der Waals surface area contributed by atoms with Crippen molar-refractivity contribution in [3.8, 4) is 11.8 Å². The third-order valence-electron chi connectivity index (χ3n) is 2.10. The second-order valence-electron chi connectivity index (χ2n) is 3.09. The monoisotopic (exact) mass is 175 g/mol. The Bertz CT molecular complexity index is 350. The topological polar surface area (TPSA) is 33.0 Å². The van der Waals surface area contributed by atoms with Crippen molar-refractivity contribution < 1.29 is 4.74 Å². The Morgan fingerprint density at radius 2 is 2.08 bits per heavy atom. The number of ether oxygens (including phenoxy) is 1. The zero-order valence-corrected chi connectivity index (χ0v) is 8.22. The summed E-state index contributed by atoms with van der Waals surface area (Å²) < 4.78 is 5.20. The fourth-order valence-electron chi connectivity index (χ4n) is 1.38. The Kier molecular flexibility index (Phi) is 2.92. The predicted octanol–water partition coefficient (Wildman–Crippen LogP) is 2.38. The highest BCUT2D eigenvalue weighted by molar-refractivity contribution is 5.43. The number of nitrogens with zero attached hydrogens (tertiary/aromatic N) is 1. The van der Waals surface area contributed by atoms with Crippen LogP contribution in [0, 0.1) is 25.2 Å². The van der Waals surface area contributed by atoms with Gasteiger partial charge in [-0.2, -0.15) is 5.26 Å². The van der Waals surface area contributed by atoms with Crippen LogP contribution < -0.4 is 4.74 Å². The summed E-state index contributed by atoms with van der Waals surface area (Å²) in [6, 6.07) is 6.16. The molecule has 0 spiro atoms. The van der Waals surface area contributed by atoms with E-state index in [1.807, 2.05) is 26.0 Å². The van der Waals surface area contributed by atoms with E-state index in [9.17, 15) is 0 Å². The fraction of sp³-hybridized carbons (Fsp3) is 0.364. The maximum Gasteiger partial charge on any atom is 0.122 e. The minimum atomic E-state index is 0.448. The molecule has 1 rings (SSSR count). The van der Waals surface area contributed by atoms with Crippen LogP contribution in [0.4, 0.5) is 0 Å². The first-order chi connectivity index (χ1) is 6.19. The molecule has 0 aliphatic carbocycles. The van der Waals surface area contributed by atoms with Crippen molar-refractivity contribution in [3.05, 3.63) is 28.8 Å². The maximum absolute atomic E-state index is 8.61. The summed E-state index contributed by atoms with van der Waals surface area (Å²) in [6.07, 6.45) is 0.448. The predicted molar refractivity (Wildman–Crippen MR) is 51.8 cm³/mol. The van der Waals surface area contributed by atoms with E-state index in [1.165, 1.54) is 0 Å². The van der Waals surface area contributed by atoms with Gasteiger partial charge in [0.2, 0.25) is 0 Å². The van der Waals surface area contributed by atoms with Crippen LogP contribution in [0.5, 0.6) is 5.75 Å². The summed E-state index contributed by atoms with van der Waals surface area (Å²) in [5, 5.41) is 8.61. The van der Waals surface area contributed by atoms with Crippen LogP contribution in [-0.4, -0.2) is 7.11 Å². The lowest BCUT2D eigenvalue weighted by Gasteiger charge is -2.09. The number of rotatable bonds is 2. The van der Waals surface area contributed by atoms with Crippen molar-refractivity contribution in [1.29, 1.82) is 5.26 Å². The third kappa shape index (κ3) is 2.00. The summed E-state index contributed by atoms with van der Waals surface area (Å²) >= 11 is 0. The Hall–Kier alpha value is -1.49. The molecule has 0 saturated heterocycles. The van der Waals surface area contributed by atoms with Gasteiger partial charge in [0.05, 0.1) is 19.6 Å². The molecule has 0 fully saturated rings. The third-order valence-corrected chi connectivity index (χ3v) is 2.10. The van der Waals surface area contributed by atoms with E-state index in [2.05, 4.69) is 6.07 Å². The zero-order chi connectivity index (χ0) is 9.84. The molecule has 1 aromatic carbocycles. The minimum absolute atomic E-state index is 0.448. The lowest BCUT2D eigenvalue weighted by molar-refractivity contribution is 0.411. The Balaban J connectivity index is 3.20. The molecular weight excluding hydrogens is 162 g/mol. The van der Waals surface area contributed by atoms with Crippen LogP contribution >= 0.6 is 0 Å². The van der Waals surface area contributed by atoms with Crippen LogP contribution in [0.2, 0.25) is 0 Å². The molecule has 0 aliphatic heterocycles. The molecule has 0 aromatic heterocycles. The molecule has 13 heavy (non-hydrogen) atoms. The van der Waals surface area contributed by atoms with Crippen LogP contribution in [0.3, 0.4) is 0 Å². The van der Waals surface area contributed by atoms with Gasteiger partial charge in [0.1, 0.15) is 5.75 Å². The lowest BCUT2D eigenvalue weighted by Crippen LogP contribution is -1.94. The summed E-state index contributed by atoms with van der Waals surface area (Å²) in [4.78, 5) is 0. The smallest absolute Gasteiger partial charge is 0.122 e. The van der Waals surface area contributed by atoms with E-state index in [4.69, 9.17) is 10.00 Å². The van der Waals surface area contributed by atoms with Gasteiger partial charge in [0.25, 0.3) is 0 Å². The van der Waals surface area contributed by atoms with Gasteiger partial charge >= 0.3 is 0 Å². The normalized spacial score (nSPS) is 9.38. The molecule has 0 amide bonds. The highest BCUT2D eigenvalue weighted by Crippen LogP contribution is 2.23. The van der Waals surface area contributed by atoms with E-state index in [0.717, 1.165) is 22.4 Å². The maximum atomic E-state index is 8.61. The Morgan fingerprint density at radius 3 is 2.62 bits per heavy atom. The molecule has 68 valence electrons. The average molecular weight is 175 g/mol. The molecule has 0 atom stereocenters. The number of methoxy groups -OCH3 is 1. The van der Waals surface area contributed by atoms with E-state index >= 15 is 0 Å². The van der Waals surface area contributed by atoms with Gasteiger partial charge < -0.3 is 4.74 Å². The summed E-state index contributed by atoms with van der Waals surface area (Å²) in [5.41, 5.74) is 3.25. The number of aryl methyl sites for hydroxylation is 1. The van der Waals surface area contributed by atoms with Crippen molar-refractivity contribution in [3.63, 3.8) is 0 Å². The summed E-state index contributed by atoms with van der Waals surface area (Å²) in [7, 11) is 1.65. The fourth-order valence-corrected chi connectivity index (χ4v) is 1.38. The first-order valence-electron chi connectivity index (χ1n) is 4.20. The molecular formula is C11H13NO. The van der Waals surface area contributed by atoms with Crippen molar-refractivity contribution >= 4 is 0 Å². The number of benzene rings is 1. The van der Waals surface area contributed by atoms with Gasteiger partial charge in [0.15, 0.2) is 0 Å². The van der Waals surface area contributed by atoms with Gasteiger partial charge in [-0.05, 0) is 36.6 Å². The minimum Gasteiger partial charge on any atom is -0.496 e. The molecule has 0 saturated carbocycles. The van der Waals surface area contributed by atoms with Crippen LogP contribution in [0.15, 0.2) is 12.1 Å². The SMILES string of the molecule is COc1cc(C)cc(CC#N)c1C. The van der Waals surface area contributed by atoms with Crippen molar-refractivity contribution in [1.82, 2.24) is 0 Å². The lowest BCUT2D eigenvalue weighted by atomic mass is 10.0. The highest BCUT2D eigenvalue weighted by Gasteiger charge is 2.04. The molecule has 2 heteroatoms. The molecule has 0 aliphatic rings. The van der Waals surface area contributed by atoms with Crippen LogP contribution in [0.25, 0.3) is 0 Å². The van der Waals surface area contributed by atoms with E-state index in [-0.39, 0.29) is 0 Å². The first-order valence-corrected chi connectivity index (χ1v) is 4.20. The molecule has 1 aromatic rings. The van der Waals surface area contributed by atoms with Crippen molar-refractivity contribution in [2.45, 2.75) is 20.3 Å². The van der Waals surface area contributed by atoms with Gasteiger partial charge in [-0.1, -0.05) is 6.07 Å². The molecule has 0 N–H and O–H groups in total. The largest absolute Gasteiger partial charge is 0.496 e. The highest BCUT2D eigenvalue weighted by atomic mass is 16.5. The van der Waals surface area contributed by atoms with E-state index in [1.54, 1.807) is 7.11 Å². The van der Waals surface area contributed by atoms with Gasteiger partial charge in [0, 0.05) is 0 Å². The molecule has 0 radical (unpaired) electrons. The van der Waals surface area contributed by atoms with Crippen molar-refractivity contribution in [2.24, 2.45) is 0 Å². The van der Waals surface area contributed by atoms with Gasteiger partial charge in [-0.15, -0.1) is 0 Å². The van der Waals surface area contributed by atoms with E-state index < -0.39 is 0 Å². The average Bonchev–Trinajstić information content (AvgIpc) is 2.11. The molecule has 2 nitrogen and oxygen atoms in total. The quantitative estimate of drug-likeness (QED) is 0.691. The zero-order valence-electron chi connectivity index (χ0n) is 8.22. The number of nitriles is 1. The standard InChI is InChI=1S/C11H13NO/c1-8-6-10(4-5-12)9(2)11(7-8)13-3/h6-7H,4H2,1-3H3. The summed E-state index contributed by atoms with van der Waals surface area (Å²) in [5.74, 6) is 0.866. The molecule has 0 heterocycles. The van der Waals surface area contributed by atoms with E-state index in [0.29, 0.717) is 6.42 Å². The van der Waals surface area contributed by atoms with Crippen molar-refractivity contribution in [2.75, 3.05) is 7.11 Å². The second kappa shape index (κ2) is 3.95. The molecule has 0 unspecified atom stereocenters. The second-order valence-corrected chi connectivity index (χ2v) is 3.09. The first kappa shape index (κ1) is 9.60. The molecule has 0 bridgehead atoms. The van der Waals surface area contributed by atoms with Crippen LogP contribution in [-0.2, 0) is 6.42 Å².